The largest absolute Gasteiger partial charge is 0.392 e. The van der Waals surface area contributed by atoms with Crippen molar-refractivity contribution in [2.45, 2.75) is 13.0 Å². The van der Waals surface area contributed by atoms with Gasteiger partial charge in [-0.05, 0) is 6.92 Å². The zero-order valence-electron chi connectivity index (χ0n) is 10.6. The smallest absolute Gasteiger partial charge is 0.309 e. The molecule has 0 aliphatic carbocycles. The molecule has 2 amide bonds. The molecule has 0 aromatic carbocycles. The number of carbonyl (C=O) groups excluding carboxylic acids is 2. The molecule has 1 aliphatic rings. The van der Waals surface area contributed by atoms with Crippen LogP contribution in [0.15, 0.2) is 0 Å². The highest BCUT2D eigenvalue weighted by Gasteiger charge is 2.14. The third-order valence-electron chi connectivity index (χ3n) is 2.58. The molecule has 0 aromatic rings. The van der Waals surface area contributed by atoms with Crippen molar-refractivity contribution in [3.05, 3.63) is 0 Å². The van der Waals surface area contributed by atoms with Crippen LogP contribution in [0.5, 0.6) is 0 Å². The fourth-order valence-electron chi connectivity index (χ4n) is 1.55. The number of aliphatic hydroxyl groups excluding tert-OH is 1. The quantitative estimate of drug-likeness (QED) is 0.494. The lowest BCUT2D eigenvalue weighted by Crippen LogP contribution is -2.46. The van der Waals surface area contributed by atoms with E-state index in [0.29, 0.717) is 26.3 Å². The monoisotopic (exact) mass is 259 g/mol. The fourth-order valence-corrected chi connectivity index (χ4v) is 1.55. The number of nitrogens with zero attached hydrogens (tertiary/aromatic N) is 1. The summed E-state index contributed by atoms with van der Waals surface area (Å²) in [4.78, 5) is 24.8. The topological polar surface area (TPSA) is 90.9 Å². The van der Waals surface area contributed by atoms with Gasteiger partial charge in [0.2, 0.25) is 0 Å². The fraction of sp³-hybridized carbons (Fsp3) is 0.818. The molecule has 0 saturated carbocycles. The molecular formula is C11H21N3O4. The summed E-state index contributed by atoms with van der Waals surface area (Å²) >= 11 is 0. The second-order valence-electron chi connectivity index (χ2n) is 4.27. The molecule has 1 rings (SSSR count). The molecule has 1 heterocycles. The Labute approximate surface area is 106 Å². The van der Waals surface area contributed by atoms with E-state index in [-0.39, 0.29) is 6.54 Å². The minimum Gasteiger partial charge on any atom is -0.392 e. The molecular weight excluding hydrogens is 238 g/mol. The Morgan fingerprint density at radius 3 is 2.50 bits per heavy atom. The average molecular weight is 259 g/mol. The van der Waals surface area contributed by atoms with Gasteiger partial charge in [0.05, 0.1) is 19.3 Å². The normalized spacial score (nSPS) is 18.1. The molecule has 0 aromatic heterocycles. The Hall–Kier alpha value is -1.18. The summed E-state index contributed by atoms with van der Waals surface area (Å²) in [5.41, 5.74) is 0. The number of carbonyl (C=O) groups is 2. The van der Waals surface area contributed by atoms with Crippen LogP contribution in [0.3, 0.4) is 0 Å². The van der Waals surface area contributed by atoms with Crippen molar-refractivity contribution in [1.29, 1.82) is 0 Å². The van der Waals surface area contributed by atoms with Crippen LogP contribution in [0.4, 0.5) is 0 Å². The van der Waals surface area contributed by atoms with Crippen molar-refractivity contribution in [1.82, 2.24) is 15.5 Å². The van der Waals surface area contributed by atoms with Gasteiger partial charge in [-0.25, -0.2) is 0 Å². The first-order valence-electron chi connectivity index (χ1n) is 6.14. The number of hydrogen-bond acceptors (Lipinski definition) is 5. The van der Waals surface area contributed by atoms with Crippen LogP contribution in [0.2, 0.25) is 0 Å². The maximum Gasteiger partial charge on any atom is 0.309 e. The average Bonchev–Trinajstić information content (AvgIpc) is 2.37. The zero-order valence-corrected chi connectivity index (χ0v) is 10.6. The number of aliphatic hydroxyl groups is 1. The van der Waals surface area contributed by atoms with Crippen LogP contribution >= 0.6 is 0 Å². The van der Waals surface area contributed by atoms with Crippen molar-refractivity contribution in [2.75, 3.05) is 45.9 Å². The lowest BCUT2D eigenvalue weighted by atomic mass is 10.4. The van der Waals surface area contributed by atoms with Gasteiger partial charge in [-0.15, -0.1) is 0 Å². The second-order valence-corrected chi connectivity index (χ2v) is 4.27. The summed E-state index contributed by atoms with van der Waals surface area (Å²) in [6, 6.07) is 0. The van der Waals surface area contributed by atoms with Gasteiger partial charge in [-0.3, -0.25) is 14.5 Å². The number of ether oxygens (including phenoxy) is 1. The lowest BCUT2D eigenvalue weighted by Gasteiger charge is -2.26. The van der Waals surface area contributed by atoms with Gasteiger partial charge in [-0.2, -0.15) is 0 Å². The predicted molar refractivity (Wildman–Crippen MR) is 65.0 cm³/mol. The standard InChI is InChI=1S/C11H21N3O4/c1-9(15)8-13-11(17)10(16)12-2-3-14-4-6-18-7-5-14/h9,15H,2-8H2,1H3,(H,12,16)(H,13,17). The number of hydrogen-bond donors (Lipinski definition) is 3. The van der Waals surface area contributed by atoms with E-state index >= 15 is 0 Å². The summed E-state index contributed by atoms with van der Waals surface area (Å²) in [7, 11) is 0. The van der Waals surface area contributed by atoms with Crippen molar-refractivity contribution >= 4 is 11.8 Å². The molecule has 7 nitrogen and oxygen atoms in total. The summed E-state index contributed by atoms with van der Waals surface area (Å²) in [5.74, 6) is -1.37. The number of amides is 2. The Bertz CT molecular complexity index is 277. The SMILES string of the molecule is CC(O)CNC(=O)C(=O)NCCN1CCOCC1. The predicted octanol–water partition coefficient (Wildman–Crippen LogP) is -2.07. The lowest BCUT2D eigenvalue weighted by molar-refractivity contribution is -0.139. The van der Waals surface area contributed by atoms with E-state index < -0.39 is 17.9 Å². The third kappa shape index (κ3) is 5.95. The molecule has 1 fully saturated rings. The summed E-state index contributed by atoms with van der Waals surface area (Å²) < 4.78 is 5.20. The van der Waals surface area contributed by atoms with E-state index in [2.05, 4.69) is 15.5 Å². The molecule has 1 aliphatic heterocycles. The van der Waals surface area contributed by atoms with Gasteiger partial charge in [0.25, 0.3) is 0 Å². The van der Waals surface area contributed by atoms with E-state index in [9.17, 15) is 9.59 Å². The van der Waals surface area contributed by atoms with Crippen LogP contribution in [-0.4, -0.2) is 73.9 Å². The minimum atomic E-state index is -0.710. The Morgan fingerprint density at radius 2 is 1.89 bits per heavy atom. The van der Waals surface area contributed by atoms with Gasteiger partial charge >= 0.3 is 11.8 Å². The zero-order chi connectivity index (χ0) is 13.4. The van der Waals surface area contributed by atoms with E-state index in [0.717, 1.165) is 13.1 Å². The number of nitrogens with one attached hydrogen (secondary N) is 2. The second kappa shape index (κ2) is 8.02. The van der Waals surface area contributed by atoms with Crippen molar-refractivity contribution in [3.8, 4) is 0 Å². The first kappa shape index (κ1) is 14.9. The van der Waals surface area contributed by atoms with E-state index in [1.54, 1.807) is 0 Å². The summed E-state index contributed by atoms with van der Waals surface area (Å²) in [6.07, 6.45) is -0.657. The van der Waals surface area contributed by atoms with E-state index in [4.69, 9.17) is 9.84 Å². The molecule has 1 saturated heterocycles. The minimum absolute atomic E-state index is 0.0791. The maximum atomic E-state index is 11.3. The molecule has 0 bridgehead atoms. The van der Waals surface area contributed by atoms with Gasteiger partial charge < -0.3 is 20.5 Å². The van der Waals surface area contributed by atoms with Gasteiger partial charge in [-0.1, -0.05) is 0 Å². The molecule has 104 valence electrons. The number of morpholine rings is 1. The Kier molecular flexibility index (Phi) is 6.63. The van der Waals surface area contributed by atoms with E-state index in [1.807, 2.05) is 0 Å². The molecule has 1 atom stereocenters. The molecule has 1 unspecified atom stereocenters. The maximum absolute atomic E-state index is 11.3. The molecule has 3 N–H and O–H groups in total. The van der Waals surface area contributed by atoms with Gasteiger partial charge in [0, 0.05) is 32.7 Å². The Morgan fingerprint density at radius 1 is 1.28 bits per heavy atom. The highest BCUT2D eigenvalue weighted by Crippen LogP contribution is 1.94. The number of rotatable bonds is 5. The van der Waals surface area contributed by atoms with Crippen LogP contribution in [-0.2, 0) is 14.3 Å². The van der Waals surface area contributed by atoms with Crippen LogP contribution < -0.4 is 10.6 Å². The van der Waals surface area contributed by atoms with E-state index in [1.165, 1.54) is 6.92 Å². The highest BCUT2D eigenvalue weighted by molar-refractivity contribution is 6.35. The first-order valence-corrected chi connectivity index (χ1v) is 6.14. The third-order valence-corrected chi connectivity index (χ3v) is 2.58. The van der Waals surface area contributed by atoms with Crippen molar-refractivity contribution < 1.29 is 19.4 Å². The van der Waals surface area contributed by atoms with Crippen LogP contribution in [0.25, 0.3) is 0 Å². The molecule has 18 heavy (non-hydrogen) atoms. The Balaban J connectivity index is 2.10. The highest BCUT2D eigenvalue weighted by atomic mass is 16.5. The van der Waals surface area contributed by atoms with Gasteiger partial charge in [0.15, 0.2) is 0 Å². The molecule has 7 heteroatoms. The molecule has 0 spiro atoms. The van der Waals surface area contributed by atoms with Crippen LogP contribution in [0, 0.1) is 0 Å². The summed E-state index contributed by atoms with van der Waals surface area (Å²) in [6.45, 7) is 5.88. The van der Waals surface area contributed by atoms with Crippen molar-refractivity contribution in [2.24, 2.45) is 0 Å². The molecule has 0 radical (unpaired) electrons. The first-order chi connectivity index (χ1) is 8.59. The summed E-state index contributed by atoms with van der Waals surface area (Å²) in [5, 5.41) is 13.8. The van der Waals surface area contributed by atoms with Gasteiger partial charge in [0.1, 0.15) is 0 Å². The van der Waals surface area contributed by atoms with Crippen LogP contribution in [0.1, 0.15) is 6.92 Å². The van der Waals surface area contributed by atoms with Crippen molar-refractivity contribution in [3.63, 3.8) is 0 Å².